The normalized spacial score (nSPS) is 15.0. The van der Waals surface area contributed by atoms with Crippen molar-refractivity contribution in [3.05, 3.63) is 35.0 Å². The van der Waals surface area contributed by atoms with E-state index in [1.165, 1.54) is 25.1 Å². The van der Waals surface area contributed by atoms with Crippen LogP contribution in [0.25, 0.3) is 10.9 Å². The summed E-state index contributed by atoms with van der Waals surface area (Å²) in [5, 5.41) is 9.96. The number of nitrogens with one attached hydrogen (secondary N) is 1. The molecule has 1 aromatic heterocycles. The number of alkyl halides is 3. The second kappa shape index (κ2) is 5.23. The van der Waals surface area contributed by atoms with Crippen LogP contribution in [0.5, 0.6) is 0 Å². The highest BCUT2D eigenvalue weighted by Gasteiger charge is 2.63. The number of hydrogen-bond acceptors (Lipinski definition) is 3. The SMILES string of the molecule is CCOC(=O)[C@@](O)(c1c[nH]c2cccc(Cl)c12)C(F)(F)F. The number of aliphatic hydroxyl groups is 1. The highest BCUT2D eigenvalue weighted by atomic mass is 35.5. The molecular formula is C13H11ClF3NO3. The highest BCUT2D eigenvalue weighted by molar-refractivity contribution is 6.35. The molecule has 0 saturated carbocycles. The molecule has 0 aliphatic rings. The van der Waals surface area contributed by atoms with Gasteiger partial charge >= 0.3 is 12.1 Å². The standard InChI is InChI=1S/C13H11ClF3NO3/c1-2-21-11(19)12(20,13(15,16)17)7-6-18-9-5-3-4-8(14)10(7)9/h3-6,18,20H,2H2,1H3/t12-/m0/s1. The Bertz CT molecular complexity index is 683. The Morgan fingerprint density at radius 3 is 2.67 bits per heavy atom. The summed E-state index contributed by atoms with van der Waals surface area (Å²) < 4.78 is 44.3. The maximum Gasteiger partial charge on any atom is 0.432 e. The number of halogens is 4. The third-order valence-corrected chi connectivity index (χ3v) is 3.34. The molecular weight excluding hydrogens is 311 g/mol. The fourth-order valence-electron chi connectivity index (χ4n) is 2.04. The Balaban J connectivity index is 2.74. The summed E-state index contributed by atoms with van der Waals surface area (Å²) in [5.74, 6) is -1.79. The first-order valence-corrected chi connectivity index (χ1v) is 6.33. The van der Waals surface area contributed by atoms with Gasteiger partial charge in [-0.2, -0.15) is 13.2 Å². The number of H-pyrrole nitrogens is 1. The van der Waals surface area contributed by atoms with Gasteiger partial charge in [-0.25, -0.2) is 4.79 Å². The maximum atomic E-state index is 13.3. The molecule has 0 aliphatic heterocycles. The van der Waals surface area contributed by atoms with Crippen molar-refractivity contribution < 1.29 is 27.8 Å². The van der Waals surface area contributed by atoms with Crippen molar-refractivity contribution in [2.45, 2.75) is 18.7 Å². The van der Waals surface area contributed by atoms with Crippen LogP contribution in [0.15, 0.2) is 24.4 Å². The van der Waals surface area contributed by atoms with Gasteiger partial charge in [0, 0.05) is 22.7 Å². The molecule has 0 radical (unpaired) electrons. The summed E-state index contributed by atoms with van der Waals surface area (Å²) in [6, 6.07) is 4.37. The summed E-state index contributed by atoms with van der Waals surface area (Å²) in [6.07, 6.45) is -4.35. The molecule has 21 heavy (non-hydrogen) atoms. The van der Waals surface area contributed by atoms with Gasteiger partial charge in [0.1, 0.15) is 0 Å². The number of aromatic nitrogens is 1. The van der Waals surface area contributed by atoms with Crippen molar-refractivity contribution in [3.8, 4) is 0 Å². The van der Waals surface area contributed by atoms with E-state index in [1.807, 2.05) is 0 Å². The molecule has 114 valence electrons. The topological polar surface area (TPSA) is 62.3 Å². The minimum Gasteiger partial charge on any atom is -0.463 e. The van der Waals surface area contributed by atoms with E-state index in [-0.39, 0.29) is 22.5 Å². The van der Waals surface area contributed by atoms with Crippen LogP contribution < -0.4 is 0 Å². The molecule has 1 heterocycles. The largest absolute Gasteiger partial charge is 0.463 e. The van der Waals surface area contributed by atoms with Crippen molar-refractivity contribution in [1.82, 2.24) is 4.98 Å². The van der Waals surface area contributed by atoms with Gasteiger partial charge in [-0.05, 0) is 19.1 Å². The molecule has 0 aliphatic carbocycles. The Morgan fingerprint density at radius 2 is 2.10 bits per heavy atom. The number of hydrogen-bond donors (Lipinski definition) is 2. The van der Waals surface area contributed by atoms with Crippen LogP contribution in [0, 0.1) is 0 Å². The van der Waals surface area contributed by atoms with Gasteiger partial charge < -0.3 is 14.8 Å². The predicted octanol–water partition coefficient (Wildman–Crippen LogP) is 3.13. The summed E-state index contributed by atoms with van der Waals surface area (Å²) >= 11 is 5.89. The van der Waals surface area contributed by atoms with E-state index in [2.05, 4.69) is 9.72 Å². The van der Waals surface area contributed by atoms with Gasteiger partial charge in [-0.15, -0.1) is 0 Å². The fraction of sp³-hybridized carbons (Fsp3) is 0.308. The minimum atomic E-state index is -5.26. The number of carbonyl (C=O) groups excluding carboxylic acids is 1. The van der Waals surface area contributed by atoms with Crippen LogP contribution in [-0.4, -0.2) is 28.8 Å². The van der Waals surface area contributed by atoms with Crippen molar-refractivity contribution in [2.24, 2.45) is 0 Å². The molecule has 1 atom stereocenters. The van der Waals surface area contributed by atoms with Crippen LogP contribution in [0.4, 0.5) is 13.2 Å². The van der Waals surface area contributed by atoms with Gasteiger partial charge in [0.05, 0.1) is 11.6 Å². The van der Waals surface area contributed by atoms with Crippen molar-refractivity contribution in [1.29, 1.82) is 0 Å². The van der Waals surface area contributed by atoms with E-state index in [4.69, 9.17) is 11.6 Å². The zero-order chi connectivity index (χ0) is 15.8. The molecule has 0 fully saturated rings. The second-order valence-corrected chi connectivity index (χ2v) is 4.70. The number of rotatable bonds is 3. The second-order valence-electron chi connectivity index (χ2n) is 4.29. The first-order valence-electron chi connectivity index (χ1n) is 5.95. The number of benzene rings is 1. The molecule has 0 spiro atoms. The van der Waals surface area contributed by atoms with Crippen molar-refractivity contribution in [3.63, 3.8) is 0 Å². The van der Waals surface area contributed by atoms with Gasteiger partial charge in [0.2, 0.25) is 0 Å². The Labute approximate surface area is 122 Å². The zero-order valence-electron chi connectivity index (χ0n) is 10.8. The average Bonchev–Trinajstić information content (AvgIpc) is 2.82. The molecule has 4 nitrogen and oxygen atoms in total. The van der Waals surface area contributed by atoms with Crippen LogP contribution in [-0.2, 0) is 15.1 Å². The smallest absolute Gasteiger partial charge is 0.432 e. The maximum absolute atomic E-state index is 13.3. The van der Waals surface area contributed by atoms with E-state index in [9.17, 15) is 23.1 Å². The number of esters is 1. The fourth-order valence-corrected chi connectivity index (χ4v) is 2.32. The van der Waals surface area contributed by atoms with Gasteiger partial charge in [-0.3, -0.25) is 0 Å². The predicted molar refractivity (Wildman–Crippen MR) is 69.9 cm³/mol. The van der Waals surface area contributed by atoms with E-state index >= 15 is 0 Å². The summed E-state index contributed by atoms with van der Waals surface area (Å²) in [5.41, 5.74) is -4.20. The van der Waals surface area contributed by atoms with E-state index in [1.54, 1.807) is 0 Å². The number of fused-ring (bicyclic) bond motifs is 1. The Morgan fingerprint density at radius 1 is 1.43 bits per heavy atom. The molecule has 2 rings (SSSR count). The van der Waals surface area contributed by atoms with E-state index in [0.717, 1.165) is 6.20 Å². The van der Waals surface area contributed by atoms with Gasteiger partial charge in [0.15, 0.2) is 0 Å². The molecule has 8 heteroatoms. The third-order valence-electron chi connectivity index (χ3n) is 3.03. The first kappa shape index (κ1) is 15.7. The Kier molecular flexibility index (Phi) is 3.90. The van der Waals surface area contributed by atoms with Crippen molar-refractivity contribution in [2.75, 3.05) is 6.61 Å². The first-order chi connectivity index (χ1) is 9.73. The van der Waals surface area contributed by atoms with E-state index in [0.29, 0.717) is 0 Å². The van der Waals surface area contributed by atoms with E-state index < -0.39 is 23.3 Å². The summed E-state index contributed by atoms with van der Waals surface area (Å²) in [7, 11) is 0. The molecule has 0 amide bonds. The van der Waals surface area contributed by atoms with Crippen molar-refractivity contribution >= 4 is 28.5 Å². The summed E-state index contributed by atoms with van der Waals surface area (Å²) in [6.45, 7) is 1.05. The average molecular weight is 322 g/mol. The third kappa shape index (κ3) is 2.36. The quantitative estimate of drug-likeness (QED) is 0.854. The summed E-state index contributed by atoms with van der Waals surface area (Å²) in [4.78, 5) is 14.3. The lowest BCUT2D eigenvalue weighted by molar-refractivity contribution is -0.267. The Hall–Kier alpha value is -1.73. The molecule has 1 aromatic carbocycles. The van der Waals surface area contributed by atoms with Crippen LogP contribution in [0.1, 0.15) is 12.5 Å². The lowest BCUT2D eigenvalue weighted by atomic mass is 9.92. The minimum absolute atomic E-state index is 0.0178. The number of aromatic amines is 1. The molecule has 0 saturated heterocycles. The van der Waals surface area contributed by atoms with Crippen LogP contribution in [0.2, 0.25) is 5.02 Å². The van der Waals surface area contributed by atoms with Gasteiger partial charge in [-0.1, -0.05) is 17.7 Å². The molecule has 2 N–H and O–H groups in total. The molecule has 0 unspecified atom stereocenters. The zero-order valence-corrected chi connectivity index (χ0v) is 11.5. The number of carbonyl (C=O) groups is 1. The van der Waals surface area contributed by atoms with Gasteiger partial charge in [0.25, 0.3) is 5.60 Å². The van der Waals surface area contributed by atoms with Crippen LogP contribution >= 0.6 is 11.6 Å². The number of ether oxygens (including phenoxy) is 1. The lowest BCUT2D eigenvalue weighted by Crippen LogP contribution is -2.50. The molecule has 0 bridgehead atoms. The van der Waals surface area contributed by atoms with Crippen LogP contribution in [0.3, 0.4) is 0 Å². The molecule has 2 aromatic rings. The monoisotopic (exact) mass is 321 g/mol. The lowest BCUT2D eigenvalue weighted by Gasteiger charge is -2.28. The highest BCUT2D eigenvalue weighted by Crippen LogP contribution is 2.44.